The van der Waals surface area contributed by atoms with Crippen LogP contribution in [0.2, 0.25) is 10.2 Å². The lowest BCUT2D eigenvalue weighted by Crippen LogP contribution is -2.56. The number of nitrogens with zero attached hydrogens (tertiary/aromatic N) is 3. The van der Waals surface area contributed by atoms with E-state index in [0.717, 1.165) is 0 Å². The van der Waals surface area contributed by atoms with Crippen LogP contribution in [-0.2, 0) is 4.74 Å². The molecule has 1 aliphatic rings. The fraction of sp³-hybridized carbons (Fsp3) is 0.409. The van der Waals surface area contributed by atoms with Crippen molar-refractivity contribution in [1.29, 1.82) is 5.41 Å². The maximum atomic E-state index is 14.2. The number of ether oxygens (including phenoxy) is 1. The van der Waals surface area contributed by atoms with E-state index >= 15 is 0 Å². The molecule has 1 aromatic carbocycles. The Morgan fingerprint density at radius 3 is 2.55 bits per heavy atom. The Labute approximate surface area is 191 Å². The normalized spacial score (nSPS) is 16.9. The molecule has 9 heteroatoms. The van der Waals surface area contributed by atoms with Crippen LogP contribution in [0.1, 0.15) is 33.3 Å². The molecule has 166 valence electrons. The summed E-state index contributed by atoms with van der Waals surface area (Å²) < 4.78 is 19.6. The van der Waals surface area contributed by atoms with Gasteiger partial charge in [0.1, 0.15) is 22.4 Å². The minimum atomic E-state index is -0.569. The third kappa shape index (κ3) is 5.28. The summed E-state index contributed by atoms with van der Waals surface area (Å²) in [5.41, 5.74) is 0.250. The van der Waals surface area contributed by atoms with Crippen LogP contribution in [0.3, 0.4) is 0 Å². The quantitative estimate of drug-likeness (QED) is 0.362. The molecule has 6 nitrogen and oxygen atoms in total. The third-order valence-electron chi connectivity index (χ3n) is 4.88. The van der Waals surface area contributed by atoms with E-state index < -0.39 is 11.4 Å². The molecule has 2 aromatic rings. The highest BCUT2D eigenvalue weighted by Gasteiger charge is 2.32. The number of hydrogen-bond donors (Lipinski definition) is 1. The van der Waals surface area contributed by atoms with Crippen LogP contribution >= 0.6 is 23.2 Å². The molecule has 0 saturated carbocycles. The highest BCUT2D eigenvalue weighted by atomic mass is 35.5. The first-order valence-electron chi connectivity index (χ1n) is 9.92. The van der Waals surface area contributed by atoms with Crippen LogP contribution in [0, 0.1) is 11.2 Å². The molecule has 1 unspecified atom stereocenters. The van der Waals surface area contributed by atoms with Gasteiger partial charge in [-0.1, -0.05) is 35.3 Å². The van der Waals surface area contributed by atoms with E-state index in [2.05, 4.69) is 4.98 Å². The molecular weight excluding hydrogens is 442 g/mol. The number of carbonyl (C=O) groups is 1. The van der Waals surface area contributed by atoms with E-state index in [9.17, 15) is 9.18 Å². The van der Waals surface area contributed by atoms with E-state index in [4.69, 9.17) is 33.3 Å². The van der Waals surface area contributed by atoms with E-state index in [1.807, 2.05) is 32.6 Å². The summed E-state index contributed by atoms with van der Waals surface area (Å²) in [7, 11) is 0. The molecule has 0 aliphatic carbocycles. The molecule has 31 heavy (non-hydrogen) atoms. The van der Waals surface area contributed by atoms with Crippen molar-refractivity contribution in [2.45, 2.75) is 39.3 Å². The van der Waals surface area contributed by atoms with Gasteiger partial charge >= 0.3 is 6.09 Å². The zero-order valence-electron chi connectivity index (χ0n) is 17.9. The minimum Gasteiger partial charge on any atom is -0.444 e. The summed E-state index contributed by atoms with van der Waals surface area (Å²) in [5, 5.41) is 8.93. The Bertz CT molecular complexity index is 1010. The molecule has 3 rings (SSSR count). The fourth-order valence-electron chi connectivity index (χ4n) is 3.41. The average Bonchev–Trinajstić information content (AvgIpc) is 2.68. The van der Waals surface area contributed by atoms with Gasteiger partial charge < -0.3 is 14.5 Å². The van der Waals surface area contributed by atoms with Crippen molar-refractivity contribution in [2.24, 2.45) is 0 Å². The number of benzene rings is 1. The highest BCUT2D eigenvalue weighted by molar-refractivity contribution is 6.36. The number of carbonyl (C=O) groups excluding carboxylic acids is 1. The second kappa shape index (κ2) is 9.01. The predicted molar refractivity (Wildman–Crippen MR) is 120 cm³/mol. The molecule has 1 atom stereocenters. The number of rotatable bonds is 2. The Kier molecular flexibility index (Phi) is 6.76. The maximum Gasteiger partial charge on any atom is 0.410 e. The number of hydrogen-bond acceptors (Lipinski definition) is 4. The Balaban J connectivity index is 1.79. The molecular formula is C22H25Cl2FN4O2. The van der Waals surface area contributed by atoms with Gasteiger partial charge in [0.05, 0.1) is 16.3 Å². The van der Waals surface area contributed by atoms with Gasteiger partial charge in [-0.2, -0.15) is 0 Å². The molecule has 0 spiro atoms. The average molecular weight is 467 g/mol. The van der Waals surface area contributed by atoms with Gasteiger partial charge in [0.25, 0.3) is 0 Å². The number of aromatic nitrogens is 1. The maximum absolute atomic E-state index is 14.2. The zero-order valence-corrected chi connectivity index (χ0v) is 19.4. The zero-order chi connectivity index (χ0) is 22.9. The lowest BCUT2D eigenvalue weighted by molar-refractivity contribution is 0.0133. The number of halogens is 3. The van der Waals surface area contributed by atoms with E-state index in [1.165, 1.54) is 12.1 Å². The number of nitrogens with one attached hydrogen (secondary N) is 1. The molecule has 1 saturated heterocycles. The van der Waals surface area contributed by atoms with Crippen molar-refractivity contribution in [3.05, 3.63) is 51.9 Å². The molecule has 1 fully saturated rings. The van der Waals surface area contributed by atoms with Gasteiger partial charge in [-0.3, -0.25) is 5.41 Å². The molecule has 0 radical (unpaired) electrons. The molecule has 1 N–H and O–H groups in total. The van der Waals surface area contributed by atoms with Crippen molar-refractivity contribution < 1.29 is 13.9 Å². The smallest absolute Gasteiger partial charge is 0.410 e. The predicted octanol–water partition coefficient (Wildman–Crippen LogP) is 5.46. The van der Waals surface area contributed by atoms with Crippen molar-refractivity contribution in [2.75, 3.05) is 19.6 Å². The van der Waals surface area contributed by atoms with E-state index in [0.29, 0.717) is 25.2 Å². The van der Waals surface area contributed by atoms with Gasteiger partial charge in [-0.05, 0) is 45.9 Å². The van der Waals surface area contributed by atoms with Crippen LogP contribution in [0.4, 0.5) is 9.18 Å². The number of amidine groups is 1. The summed E-state index contributed by atoms with van der Waals surface area (Å²) in [4.78, 5) is 20.1. The summed E-state index contributed by atoms with van der Waals surface area (Å²) in [6.45, 7) is 8.64. The van der Waals surface area contributed by atoms with Crippen LogP contribution < -0.4 is 0 Å². The summed E-state index contributed by atoms with van der Waals surface area (Å²) in [5.74, 6) is -0.307. The SMILES string of the molecule is CC1CN(C(=O)OC(C)(C)C)CCN1C(=N)c1cc(Cl)c(-c2ccccc2F)nc1Cl. The van der Waals surface area contributed by atoms with E-state index in [1.54, 1.807) is 23.1 Å². The number of amides is 1. The molecule has 2 heterocycles. The molecule has 1 aliphatic heterocycles. The second-order valence-electron chi connectivity index (χ2n) is 8.45. The van der Waals surface area contributed by atoms with Gasteiger partial charge in [0.15, 0.2) is 0 Å². The lowest BCUT2D eigenvalue weighted by atomic mass is 10.1. The fourth-order valence-corrected chi connectivity index (χ4v) is 3.89. The first-order chi connectivity index (χ1) is 14.5. The Morgan fingerprint density at radius 1 is 1.26 bits per heavy atom. The third-order valence-corrected chi connectivity index (χ3v) is 5.46. The van der Waals surface area contributed by atoms with Gasteiger partial charge in [-0.15, -0.1) is 0 Å². The lowest BCUT2D eigenvalue weighted by Gasteiger charge is -2.41. The summed E-state index contributed by atoms with van der Waals surface area (Å²) >= 11 is 12.8. The standard InChI is InChI=1S/C22H25Cl2FN4O2/c1-13-12-28(21(30)31-22(2,3)4)9-10-29(13)20(26)15-11-16(23)18(27-19(15)24)14-7-5-6-8-17(14)25/h5-8,11,13,26H,9-10,12H2,1-4H3. The first-order valence-corrected chi connectivity index (χ1v) is 10.7. The van der Waals surface area contributed by atoms with Crippen LogP contribution in [0.5, 0.6) is 0 Å². The molecule has 0 bridgehead atoms. The largest absolute Gasteiger partial charge is 0.444 e. The second-order valence-corrected chi connectivity index (χ2v) is 9.22. The Morgan fingerprint density at radius 2 is 1.94 bits per heavy atom. The van der Waals surface area contributed by atoms with Crippen molar-refractivity contribution in [1.82, 2.24) is 14.8 Å². The summed E-state index contributed by atoms with van der Waals surface area (Å²) in [6, 6.07) is 7.55. The van der Waals surface area contributed by atoms with Gasteiger partial charge in [0, 0.05) is 31.2 Å². The van der Waals surface area contributed by atoms with Crippen LogP contribution in [0.25, 0.3) is 11.3 Å². The minimum absolute atomic E-state index is 0.0643. The number of pyridine rings is 1. The van der Waals surface area contributed by atoms with Gasteiger partial charge in [0.2, 0.25) is 0 Å². The Hall–Kier alpha value is -2.38. The van der Waals surface area contributed by atoms with Crippen molar-refractivity contribution in [3.8, 4) is 11.3 Å². The van der Waals surface area contributed by atoms with Crippen molar-refractivity contribution in [3.63, 3.8) is 0 Å². The molecule has 1 aromatic heterocycles. The monoisotopic (exact) mass is 466 g/mol. The van der Waals surface area contributed by atoms with Crippen LogP contribution in [-0.4, -0.2) is 58.0 Å². The topological polar surface area (TPSA) is 69.5 Å². The van der Waals surface area contributed by atoms with E-state index in [-0.39, 0.29) is 39.4 Å². The van der Waals surface area contributed by atoms with Gasteiger partial charge in [-0.25, -0.2) is 14.2 Å². The van der Waals surface area contributed by atoms with Crippen molar-refractivity contribution >= 4 is 35.1 Å². The first kappa shape index (κ1) is 23.3. The number of piperazine rings is 1. The van der Waals surface area contributed by atoms with Crippen LogP contribution in [0.15, 0.2) is 30.3 Å². The highest BCUT2D eigenvalue weighted by Crippen LogP contribution is 2.32. The summed E-state index contributed by atoms with van der Waals surface area (Å²) in [6.07, 6.45) is -0.373. The molecule has 1 amide bonds.